The third-order valence-electron chi connectivity index (χ3n) is 7.39. The van der Waals surface area contributed by atoms with Crippen LogP contribution < -0.4 is 0 Å². The Kier molecular flexibility index (Phi) is 3.85. The zero-order valence-corrected chi connectivity index (χ0v) is 20.0. The summed E-state index contributed by atoms with van der Waals surface area (Å²) in [5.74, 6) is -1.45. The monoisotopic (exact) mass is 476 g/mol. The number of carbonyl (C=O) groups excluding carboxylic acids is 4. The van der Waals surface area contributed by atoms with Gasteiger partial charge >= 0.3 is 0 Å². The van der Waals surface area contributed by atoms with Gasteiger partial charge in [0, 0.05) is 39.0 Å². The van der Waals surface area contributed by atoms with Gasteiger partial charge in [0.15, 0.2) is 0 Å². The smallest absolute Gasteiger partial charge is 0.267 e. The largest absolute Gasteiger partial charge is 0.276 e. The summed E-state index contributed by atoms with van der Waals surface area (Å²) >= 11 is 0. The van der Waals surface area contributed by atoms with Crippen LogP contribution in [-0.2, 0) is 0 Å². The number of hydrogen-bond acceptors (Lipinski definition) is 6. The van der Waals surface area contributed by atoms with E-state index in [0.29, 0.717) is 33.0 Å². The maximum absolute atomic E-state index is 13.3. The fourth-order valence-electron chi connectivity index (χ4n) is 5.97. The minimum atomic E-state index is -0.364. The first-order chi connectivity index (χ1) is 17.2. The summed E-state index contributed by atoms with van der Waals surface area (Å²) in [5.41, 5.74) is 1.89. The summed E-state index contributed by atoms with van der Waals surface area (Å²) in [6.07, 6.45) is 0. The molecular formula is C28H20N4O4. The highest BCUT2D eigenvalue weighted by atomic mass is 16.2. The normalized spacial score (nSPS) is 15.8. The summed E-state index contributed by atoms with van der Waals surface area (Å²) in [6.45, 7) is 0. The molecule has 0 aliphatic carbocycles. The van der Waals surface area contributed by atoms with Crippen LogP contribution in [0.15, 0.2) is 48.5 Å². The van der Waals surface area contributed by atoms with E-state index in [4.69, 9.17) is 0 Å². The average molecular weight is 476 g/mol. The predicted molar refractivity (Wildman–Crippen MR) is 136 cm³/mol. The highest BCUT2D eigenvalue weighted by Gasteiger charge is 2.38. The summed E-state index contributed by atoms with van der Waals surface area (Å²) in [7, 11) is 6.67. The zero-order chi connectivity index (χ0) is 25.2. The second-order valence-corrected chi connectivity index (χ2v) is 9.68. The van der Waals surface area contributed by atoms with Crippen LogP contribution in [0.25, 0.3) is 43.1 Å². The predicted octanol–water partition coefficient (Wildman–Crippen LogP) is 3.88. The second-order valence-electron chi connectivity index (χ2n) is 9.68. The van der Waals surface area contributed by atoms with Crippen molar-refractivity contribution in [1.29, 1.82) is 0 Å². The first-order valence-electron chi connectivity index (χ1n) is 11.5. The summed E-state index contributed by atoms with van der Waals surface area (Å²) in [4.78, 5) is 53.2. The number of imide groups is 2. The average Bonchev–Trinajstić information content (AvgIpc) is 2.84. The first-order valence-corrected chi connectivity index (χ1v) is 11.5. The van der Waals surface area contributed by atoms with Gasteiger partial charge < -0.3 is 0 Å². The van der Waals surface area contributed by atoms with E-state index in [1.54, 1.807) is 52.5 Å². The Labute approximate surface area is 205 Å². The maximum Gasteiger partial charge on any atom is 0.276 e. The maximum atomic E-state index is 13.3. The molecule has 0 spiro atoms. The first kappa shape index (κ1) is 20.9. The van der Waals surface area contributed by atoms with E-state index in [2.05, 4.69) is 0 Å². The fourth-order valence-corrected chi connectivity index (χ4v) is 5.97. The number of amides is 4. The van der Waals surface area contributed by atoms with Gasteiger partial charge in [-0.25, -0.2) is 20.0 Å². The molecule has 0 saturated carbocycles. The van der Waals surface area contributed by atoms with E-state index in [0.717, 1.165) is 42.3 Å². The highest BCUT2D eigenvalue weighted by molar-refractivity contribution is 6.41. The van der Waals surface area contributed by atoms with Crippen molar-refractivity contribution in [3.8, 4) is 0 Å². The van der Waals surface area contributed by atoms with E-state index >= 15 is 0 Å². The number of nitrogens with zero attached hydrogens (tertiary/aromatic N) is 4. The molecule has 0 atom stereocenters. The van der Waals surface area contributed by atoms with E-state index in [-0.39, 0.29) is 23.6 Å². The Morgan fingerprint density at radius 1 is 0.417 bits per heavy atom. The van der Waals surface area contributed by atoms with Crippen LogP contribution in [0, 0.1) is 0 Å². The van der Waals surface area contributed by atoms with Crippen LogP contribution in [0.2, 0.25) is 0 Å². The van der Waals surface area contributed by atoms with E-state index in [9.17, 15) is 19.2 Å². The Hall–Kier alpha value is -4.40. The number of hydrazine groups is 2. The lowest BCUT2D eigenvalue weighted by atomic mass is 9.82. The van der Waals surface area contributed by atoms with Crippen molar-refractivity contribution in [3.63, 3.8) is 0 Å². The van der Waals surface area contributed by atoms with Crippen LogP contribution in [0.3, 0.4) is 0 Å². The van der Waals surface area contributed by atoms with Gasteiger partial charge in [0.05, 0.1) is 22.3 Å². The molecule has 5 aromatic carbocycles. The molecule has 36 heavy (non-hydrogen) atoms. The van der Waals surface area contributed by atoms with Crippen LogP contribution >= 0.6 is 0 Å². The Balaban J connectivity index is 1.66. The van der Waals surface area contributed by atoms with Crippen molar-refractivity contribution in [1.82, 2.24) is 20.0 Å². The van der Waals surface area contributed by atoms with Crippen molar-refractivity contribution in [2.45, 2.75) is 0 Å². The van der Waals surface area contributed by atoms with Gasteiger partial charge in [-0.05, 0) is 56.6 Å². The van der Waals surface area contributed by atoms with Gasteiger partial charge in [0.25, 0.3) is 23.6 Å². The number of benzene rings is 5. The molecule has 176 valence electrons. The lowest BCUT2D eigenvalue weighted by molar-refractivity contribution is 0.0170. The van der Waals surface area contributed by atoms with E-state index < -0.39 is 0 Å². The molecule has 2 heterocycles. The fraction of sp³-hybridized carbons (Fsp3) is 0.143. The number of carbonyl (C=O) groups is 4. The third-order valence-corrected chi connectivity index (χ3v) is 7.39. The van der Waals surface area contributed by atoms with Crippen LogP contribution in [-0.4, -0.2) is 71.9 Å². The molecule has 0 saturated heterocycles. The van der Waals surface area contributed by atoms with Gasteiger partial charge in [-0.3, -0.25) is 19.2 Å². The van der Waals surface area contributed by atoms with Crippen molar-refractivity contribution in [2.75, 3.05) is 28.2 Å². The van der Waals surface area contributed by atoms with E-state index in [1.165, 1.54) is 10.0 Å². The molecular weight excluding hydrogens is 456 g/mol. The van der Waals surface area contributed by atoms with Crippen molar-refractivity contribution in [3.05, 3.63) is 70.8 Å². The number of fused-ring (bicyclic) bond motifs is 2. The molecule has 7 rings (SSSR count). The minimum Gasteiger partial charge on any atom is -0.267 e. The Morgan fingerprint density at radius 2 is 0.667 bits per heavy atom. The van der Waals surface area contributed by atoms with Gasteiger partial charge in [-0.2, -0.15) is 0 Å². The molecule has 0 bridgehead atoms. The molecule has 0 radical (unpaired) electrons. The van der Waals surface area contributed by atoms with Crippen molar-refractivity contribution >= 4 is 66.7 Å². The molecule has 5 aromatic rings. The van der Waals surface area contributed by atoms with Gasteiger partial charge in [0.2, 0.25) is 0 Å². The van der Waals surface area contributed by atoms with Crippen LogP contribution in [0.5, 0.6) is 0 Å². The van der Waals surface area contributed by atoms with Crippen LogP contribution in [0.4, 0.5) is 0 Å². The quantitative estimate of drug-likeness (QED) is 0.219. The lowest BCUT2D eigenvalue weighted by Gasteiger charge is -2.33. The van der Waals surface area contributed by atoms with Crippen molar-refractivity contribution < 1.29 is 19.2 Å². The van der Waals surface area contributed by atoms with E-state index in [1.807, 2.05) is 24.3 Å². The topological polar surface area (TPSA) is 81.2 Å². The standard InChI is InChI=1S/C28H20N4O4/c1-29(2)31-25(33)17-9-5-13-15-7-11-19-24-20(28(36)32(27(19)35)30(3)4)12-8-16(22(15)24)14-6-10-18(26(31)34)23(17)21(13)14/h5-12H,1-4H3. The lowest BCUT2D eigenvalue weighted by Crippen LogP contribution is -2.48. The minimum absolute atomic E-state index is 0.364. The number of rotatable bonds is 2. The van der Waals surface area contributed by atoms with Crippen molar-refractivity contribution in [2.24, 2.45) is 0 Å². The molecule has 8 nitrogen and oxygen atoms in total. The number of hydrogen-bond donors (Lipinski definition) is 0. The summed E-state index contributed by atoms with van der Waals surface area (Å²) < 4.78 is 0. The third kappa shape index (κ3) is 2.26. The highest BCUT2D eigenvalue weighted by Crippen LogP contribution is 2.46. The molecule has 2 aliphatic heterocycles. The molecule has 2 aliphatic rings. The molecule has 8 heteroatoms. The zero-order valence-electron chi connectivity index (χ0n) is 20.0. The molecule has 4 amide bonds. The van der Waals surface area contributed by atoms with Gasteiger partial charge in [0.1, 0.15) is 0 Å². The Bertz CT molecular complexity index is 1630. The summed E-state index contributed by atoms with van der Waals surface area (Å²) in [6, 6.07) is 14.7. The van der Waals surface area contributed by atoms with Gasteiger partial charge in [-0.1, -0.05) is 24.3 Å². The molecule has 0 fully saturated rings. The molecule has 0 N–H and O–H groups in total. The Morgan fingerprint density at radius 3 is 0.889 bits per heavy atom. The molecule has 0 unspecified atom stereocenters. The van der Waals surface area contributed by atoms with Crippen LogP contribution in [0.1, 0.15) is 41.4 Å². The molecule has 0 aromatic heterocycles. The summed E-state index contributed by atoms with van der Waals surface area (Å²) in [5, 5.41) is 11.7. The second kappa shape index (κ2) is 6.63. The SMILES string of the molecule is CN(C)N1C(=O)c2ccc3c4ccc5c6c(ccc(c7ccc(c2c37)C1=O)c64)C(=O)N(N(C)C)C5=O. The van der Waals surface area contributed by atoms with Gasteiger partial charge in [-0.15, -0.1) is 0 Å².